The van der Waals surface area contributed by atoms with Crippen molar-refractivity contribution in [1.29, 1.82) is 0 Å². The number of rotatable bonds is 9. The van der Waals surface area contributed by atoms with Gasteiger partial charge in [-0.15, -0.1) is 0 Å². The average molecular weight is 466 g/mol. The van der Waals surface area contributed by atoms with Crippen molar-refractivity contribution in [3.63, 3.8) is 0 Å². The Morgan fingerprint density at radius 1 is 1.15 bits per heavy atom. The maximum absolute atomic E-state index is 12.7. The van der Waals surface area contributed by atoms with Gasteiger partial charge in [0.15, 0.2) is 5.78 Å². The van der Waals surface area contributed by atoms with Crippen LogP contribution in [0.15, 0.2) is 42.5 Å². The summed E-state index contributed by atoms with van der Waals surface area (Å²) in [4.78, 5) is 31.4. The van der Waals surface area contributed by atoms with Gasteiger partial charge in [0.25, 0.3) is 0 Å². The van der Waals surface area contributed by atoms with Crippen LogP contribution in [0, 0.1) is 6.92 Å². The molecule has 2 aromatic carbocycles. The normalized spacial score (nSPS) is 16.8. The number of aryl methyl sites for hydroxylation is 1. The second-order valence-electron chi connectivity index (χ2n) is 9.25. The van der Waals surface area contributed by atoms with Gasteiger partial charge >= 0.3 is 6.09 Å². The number of amides is 1. The van der Waals surface area contributed by atoms with Crippen molar-refractivity contribution in [2.24, 2.45) is 0 Å². The Bertz CT molecular complexity index is 999. The van der Waals surface area contributed by atoms with E-state index < -0.39 is 0 Å². The van der Waals surface area contributed by atoms with Crippen molar-refractivity contribution in [2.45, 2.75) is 45.8 Å². The number of piperidine rings is 1. The van der Waals surface area contributed by atoms with E-state index in [0.29, 0.717) is 26.1 Å². The molecule has 2 aliphatic heterocycles. The molecule has 2 heterocycles. The minimum Gasteiger partial charge on any atom is -0.444 e. The summed E-state index contributed by atoms with van der Waals surface area (Å²) in [5.41, 5.74) is 5.24. The molecule has 1 amide bonds. The Kier molecular flexibility index (Phi) is 7.85. The average Bonchev–Trinajstić information content (AvgIpc) is 2.84. The van der Waals surface area contributed by atoms with E-state index in [4.69, 9.17) is 4.74 Å². The molecule has 7 nitrogen and oxygen atoms in total. The number of benzene rings is 2. The van der Waals surface area contributed by atoms with E-state index in [1.54, 1.807) is 0 Å². The molecule has 0 aromatic heterocycles. The fourth-order valence-corrected chi connectivity index (χ4v) is 5.00. The molecular weight excluding hydrogens is 430 g/mol. The SMILES string of the molecule is CCN(CCO)c1ccc(CC(=O)CN2CCC(N3C(=O)OCc4cc(C)ccc43)CC2)cc1. The number of Topliss-reactive ketones (excluding diaryl/α,β-unsaturated/α-hetero) is 1. The molecule has 0 aliphatic carbocycles. The number of likely N-dealkylation sites (N-methyl/N-ethyl adjacent to an activating group) is 1. The van der Waals surface area contributed by atoms with E-state index in [0.717, 1.165) is 60.5 Å². The number of likely N-dealkylation sites (tertiary alicyclic amines) is 1. The Morgan fingerprint density at radius 2 is 1.88 bits per heavy atom. The summed E-state index contributed by atoms with van der Waals surface area (Å²) in [5.74, 6) is 0.201. The minimum absolute atomic E-state index is 0.0913. The first-order valence-corrected chi connectivity index (χ1v) is 12.2. The fourth-order valence-electron chi connectivity index (χ4n) is 5.00. The van der Waals surface area contributed by atoms with Crippen LogP contribution in [0.1, 0.15) is 36.5 Å². The van der Waals surface area contributed by atoms with Crippen molar-refractivity contribution in [2.75, 3.05) is 49.1 Å². The Morgan fingerprint density at radius 3 is 2.56 bits per heavy atom. The molecule has 34 heavy (non-hydrogen) atoms. The van der Waals surface area contributed by atoms with Crippen LogP contribution in [0.25, 0.3) is 0 Å². The van der Waals surface area contributed by atoms with Gasteiger partial charge in [-0.25, -0.2) is 4.79 Å². The predicted octanol–water partition coefficient (Wildman–Crippen LogP) is 3.55. The molecule has 1 saturated heterocycles. The largest absolute Gasteiger partial charge is 0.444 e. The van der Waals surface area contributed by atoms with Crippen LogP contribution in [0.4, 0.5) is 16.2 Å². The number of aliphatic hydroxyl groups excluding tert-OH is 1. The molecule has 0 radical (unpaired) electrons. The summed E-state index contributed by atoms with van der Waals surface area (Å²) in [6, 6.07) is 14.3. The van der Waals surface area contributed by atoms with Gasteiger partial charge in [0.2, 0.25) is 0 Å². The monoisotopic (exact) mass is 465 g/mol. The summed E-state index contributed by atoms with van der Waals surface area (Å²) in [6.45, 7) is 7.99. The quantitative estimate of drug-likeness (QED) is 0.611. The highest BCUT2D eigenvalue weighted by Gasteiger charge is 2.34. The van der Waals surface area contributed by atoms with E-state index in [-0.39, 0.29) is 24.5 Å². The molecule has 0 unspecified atom stereocenters. The molecular formula is C27H35N3O4. The number of fused-ring (bicyclic) bond motifs is 1. The lowest BCUT2D eigenvalue weighted by Crippen LogP contribution is -2.50. The molecule has 182 valence electrons. The first-order chi connectivity index (χ1) is 16.5. The molecule has 0 bridgehead atoms. The van der Waals surface area contributed by atoms with Crippen LogP contribution < -0.4 is 9.80 Å². The van der Waals surface area contributed by atoms with E-state index in [2.05, 4.69) is 22.8 Å². The van der Waals surface area contributed by atoms with Crippen LogP contribution >= 0.6 is 0 Å². The number of cyclic esters (lactones) is 1. The molecule has 0 spiro atoms. The molecule has 0 atom stereocenters. The number of hydrogen-bond donors (Lipinski definition) is 1. The van der Waals surface area contributed by atoms with E-state index in [1.165, 1.54) is 0 Å². The van der Waals surface area contributed by atoms with Crippen molar-refractivity contribution in [1.82, 2.24) is 4.90 Å². The number of nitrogens with zero attached hydrogens (tertiary/aromatic N) is 3. The Hall–Kier alpha value is -2.90. The summed E-state index contributed by atoms with van der Waals surface area (Å²) in [5, 5.41) is 9.20. The van der Waals surface area contributed by atoms with Crippen molar-refractivity contribution in [3.05, 3.63) is 59.2 Å². The summed E-state index contributed by atoms with van der Waals surface area (Å²) >= 11 is 0. The maximum Gasteiger partial charge on any atom is 0.414 e. The third kappa shape index (κ3) is 5.59. The standard InChI is InChI=1S/C27H35N3O4/c1-3-29(14-15-31)23-7-5-21(6-8-23)17-25(32)18-28-12-10-24(11-13-28)30-26-9-4-20(2)16-22(26)19-34-27(30)33/h4-9,16,24,31H,3,10-15,17-19H2,1-2H3. The highest BCUT2D eigenvalue weighted by Crippen LogP contribution is 2.32. The molecule has 0 saturated carbocycles. The number of hydrogen-bond acceptors (Lipinski definition) is 6. The number of aliphatic hydroxyl groups is 1. The lowest BCUT2D eigenvalue weighted by atomic mass is 9.99. The summed E-state index contributed by atoms with van der Waals surface area (Å²) in [6.07, 6.45) is 1.79. The molecule has 7 heteroatoms. The van der Waals surface area contributed by atoms with E-state index in [1.807, 2.05) is 48.2 Å². The molecule has 1 fully saturated rings. The van der Waals surface area contributed by atoms with Crippen LogP contribution in [-0.4, -0.2) is 67.3 Å². The summed E-state index contributed by atoms with van der Waals surface area (Å²) in [7, 11) is 0. The van der Waals surface area contributed by atoms with Gasteiger partial charge < -0.3 is 14.7 Å². The first kappa shape index (κ1) is 24.2. The third-order valence-corrected chi connectivity index (χ3v) is 6.82. The second-order valence-corrected chi connectivity index (χ2v) is 9.25. The highest BCUT2D eigenvalue weighted by atomic mass is 16.6. The van der Waals surface area contributed by atoms with Crippen molar-refractivity contribution in [3.8, 4) is 0 Å². The number of carbonyl (C=O) groups excluding carboxylic acids is 2. The van der Waals surface area contributed by atoms with Crippen LogP contribution in [0.2, 0.25) is 0 Å². The molecule has 2 aromatic rings. The number of ketones is 1. The number of carbonyl (C=O) groups is 2. The Labute approximate surface area is 201 Å². The van der Waals surface area contributed by atoms with Crippen molar-refractivity contribution < 1.29 is 19.4 Å². The lowest BCUT2D eigenvalue weighted by molar-refractivity contribution is -0.119. The first-order valence-electron chi connectivity index (χ1n) is 12.2. The van der Waals surface area contributed by atoms with Crippen LogP contribution in [0.5, 0.6) is 0 Å². The van der Waals surface area contributed by atoms with Gasteiger partial charge in [0, 0.05) is 49.9 Å². The smallest absolute Gasteiger partial charge is 0.414 e. The van der Waals surface area contributed by atoms with Gasteiger partial charge in [-0.05, 0) is 50.5 Å². The molecule has 2 aliphatic rings. The van der Waals surface area contributed by atoms with Crippen molar-refractivity contribution >= 4 is 23.3 Å². The predicted molar refractivity (Wildman–Crippen MR) is 133 cm³/mol. The van der Waals surface area contributed by atoms with Gasteiger partial charge in [0.05, 0.1) is 18.8 Å². The third-order valence-electron chi connectivity index (χ3n) is 6.82. The minimum atomic E-state index is -0.269. The van der Waals surface area contributed by atoms with E-state index >= 15 is 0 Å². The summed E-state index contributed by atoms with van der Waals surface area (Å²) < 4.78 is 5.43. The second kappa shape index (κ2) is 11.0. The fraction of sp³-hybridized carbons (Fsp3) is 0.481. The number of ether oxygens (including phenoxy) is 1. The zero-order chi connectivity index (χ0) is 24.1. The lowest BCUT2D eigenvalue weighted by Gasteiger charge is -2.40. The molecule has 1 N–H and O–H groups in total. The van der Waals surface area contributed by atoms with Gasteiger partial charge in [-0.1, -0.05) is 29.8 Å². The van der Waals surface area contributed by atoms with Gasteiger partial charge in [-0.2, -0.15) is 0 Å². The van der Waals surface area contributed by atoms with Gasteiger partial charge in [-0.3, -0.25) is 14.6 Å². The Balaban J connectivity index is 1.29. The molecule has 4 rings (SSSR count). The maximum atomic E-state index is 12.7. The highest BCUT2D eigenvalue weighted by molar-refractivity contribution is 5.91. The van der Waals surface area contributed by atoms with Crippen LogP contribution in [-0.2, 0) is 22.6 Å². The van der Waals surface area contributed by atoms with E-state index in [9.17, 15) is 14.7 Å². The van der Waals surface area contributed by atoms with Gasteiger partial charge in [0.1, 0.15) is 6.61 Å². The van der Waals surface area contributed by atoms with Crippen LogP contribution in [0.3, 0.4) is 0 Å². The zero-order valence-corrected chi connectivity index (χ0v) is 20.2. The number of anilines is 2. The zero-order valence-electron chi connectivity index (χ0n) is 20.2. The topological polar surface area (TPSA) is 73.3 Å².